The molecule has 0 N–H and O–H groups in total. The molecule has 0 bridgehead atoms. The van der Waals surface area contributed by atoms with Gasteiger partial charge in [0.25, 0.3) is 0 Å². The molecule has 2 aromatic rings. The predicted molar refractivity (Wildman–Crippen MR) is 85.0 cm³/mol. The summed E-state index contributed by atoms with van der Waals surface area (Å²) in [5, 5.41) is 0. The lowest BCUT2D eigenvalue weighted by Gasteiger charge is -2.15. The molecule has 0 atom stereocenters. The maximum absolute atomic E-state index is 14.0. The fourth-order valence-corrected chi connectivity index (χ4v) is 2.74. The van der Waals surface area contributed by atoms with Gasteiger partial charge in [0, 0.05) is 5.88 Å². The van der Waals surface area contributed by atoms with Crippen LogP contribution in [0.5, 0.6) is 0 Å². The van der Waals surface area contributed by atoms with E-state index < -0.39 is 0 Å². The number of halogens is 2. The fraction of sp³-hybridized carbons (Fsp3) is 0.333. The third-order valence-electron chi connectivity index (χ3n) is 3.66. The van der Waals surface area contributed by atoms with E-state index in [1.165, 1.54) is 5.56 Å². The van der Waals surface area contributed by atoms with Crippen molar-refractivity contribution in [3.63, 3.8) is 0 Å². The lowest BCUT2D eigenvalue weighted by molar-refractivity contribution is 0.597. The highest BCUT2D eigenvalue weighted by Gasteiger charge is 2.13. The minimum Gasteiger partial charge on any atom is -0.207 e. The second-order valence-electron chi connectivity index (χ2n) is 5.64. The Balaban J connectivity index is 2.66. The van der Waals surface area contributed by atoms with E-state index in [2.05, 4.69) is 25.1 Å². The number of rotatable bonds is 3. The number of aryl methyl sites for hydroxylation is 2. The van der Waals surface area contributed by atoms with Crippen LogP contribution < -0.4 is 0 Å². The minimum absolute atomic E-state index is 0.124. The molecule has 0 amide bonds. The van der Waals surface area contributed by atoms with Crippen molar-refractivity contribution >= 4 is 11.6 Å². The van der Waals surface area contributed by atoms with Gasteiger partial charge in [0.15, 0.2) is 0 Å². The van der Waals surface area contributed by atoms with Crippen LogP contribution in [0.4, 0.5) is 4.39 Å². The van der Waals surface area contributed by atoms with Gasteiger partial charge in [-0.05, 0) is 59.7 Å². The van der Waals surface area contributed by atoms with E-state index in [1.807, 2.05) is 26.8 Å². The Kier molecular flexibility index (Phi) is 4.49. The normalized spacial score (nSPS) is 11.2. The van der Waals surface area contributed by atoms with Crippen LogP contribution in [0.1, 0.15) is 42.0 Å². The molecule has 0 aromatic heterocycles. The van der Waals surface area contributed by atoms with E-state index in [9.17, 15) is 4.39 Å². The van der Waals surface area contributed by atoms with E-state index >= 15 is 0 Å². The first-order valence-electron chi connectivity index (χ1n) is 6.90. The van der Waals surface area contributed by atoms with Crippen LogP contribution in [0.25, 0.3) is 11.1 Å². The van der Waals surface area contributed by atoms with Crippen molar-refractivity contribution in [2.75, 3.05) is 0 Å². The van der Waals surface area contributed by atoms with Crippen molar-refractivity contribution in [1.82, 2.24) is 0 Å². The van der Waals surface area contributed by atoms with E-state index in [1.54, 1.807) is 6.07 Å². The molecule has 2 aromatic carbocycles. The zero-order chi connectivity index (χ0) is 14.9. The van der Waals surface area contributed by atoms with Crippen LogP contribution in [0.2, 0.25) is 0 Å². The van der Waals surface area contributed by atoms with Gasteiger partial charge < -0.3 is 0 Å². The average molecular weight is 291 g/mol. The quantitative estimate of drug-likeness (QED) is 0.611. The molecule has 2 rings (SSSR count). The first-order chi connectivity index (χ1) is 9.43. The molecule has 0 spiro atoms. The van der Waals surface area contributed by atoms with E-state index in [4.69, 9.17) is 11.6 Å². The summed E-state index contributed by atoms with van der Waals surface area (Å²) < 4.78 is 14.0. The predicted octanol–water partition coefficient (Wildman–Crippen LogP) is 5.97. The fourth-order valence-electron chi connectivity index (χ4n) is 2.52. The molecule has 2 heteroatoms. The van der Waals surface area contributed by atoms with Crippen molar-refractivity contribution in [2.45, 2.75) is 39.5 Å². The van der Waals surface area contributed by atoms with Crippen molar-refractivity contribution in [3.05, 3.63) is 58.4 Å². The smallest absolute Gasteiger partial charge is 0.126 e. The topological polar surface area (TPSA) is 0 Å². The Morgan fingerprint density at radius 2 is 1.75 bits per heavy atom. The molecule has 0 aliphatic rings. The van der Waals surface area contributed by atoms with Crippen LogP contribution in [0, 0.1) is 19.7 Å². The molecule has 20 heavy (non-hydrogen) atoms. The first-order valence-corrected chi connectivity index (χ1v) is 7.43. The summed E-state index contributed by atoms with van der Waals surface area (Å²) in [6.45, 7) is 8.02. The summed E-state index contributed by atoms with van der Waals surface area (Å²) in [6.07, 6.45) is 0. The van der Waals surface area contributed by atoms with Crippen molar-refractivity contribution in [2.24, 2.45) is 0 Å². The van der Waals surface area contributed by atoms with E-state index in [0.29, 0.717) is 5.88 Å². The third kappa shape index (κ3) is 2.88. The third-order valence-corrected chi connectivity index (χ3v) is 3.95. The van der Waals surface area contributed by atoms with Gasteiger partial charge in [-0.2, -0.15) is 0 Å². The average Bonchev–Trinajstić information content (AvgIpc) is 2.39. The maximum Gasteiger partial charge on any atom is 0.126 e. The molecule has 0 heterocycles. The van der Waals surface area contributed by atoms with Crippen molar-refractivity contribution < 1.29 is 4.39 Å². The SMILES string of the molecule is Cc1ccc(-c2cc(C(C)C)c(F)cc2C)c(CCl)c1. The van der Waals surface area contributed by atoms with Crippen molar-refractivity contribution in [3.8, 4) is 11.1 Å². The summed E-state index contributed by atoms with van der Waals surface area (Å²) in [5.74, 6) is 0.505. The summed E-state index contributed by atoms with van der Waals surface area (Å²) >= 11 is 6.07. The van der Waals surface area contributed by atoms with Crippen LogP contribution in [0.3, 0.4) is 0 Å². The standard InChI is InChI=1S/C18H20ClF/c1-11(2)16-9-17(13(4)8-18(16)20)15-6-5-12(3)7-14(15)10-19/h5-9,11H,10H2,1-4H3. The van der Waals surface area contributed by atoms with Crippen LogP contribution in [0.15, 0.2) is 30.3 Å². The Bertz CT molecular complexity index is 630. The monoisotopic (exact) mass is 290 g/mol. The summed E-state index contributed by atoms with van der Waals surface area (Å²) in [4.78, 5) is 0. The van der Waals surface area contributed by atoms with Gasteiger partial charge in [-0.15, -0.1) is 11.6 Å². The largest absolute Gasteiger partial charge is 0.207 e. The molecule has 0 saturated carbocycles. The second-order valence-corrected chi connectivity index (χ2v) is 5.90. The highest BCUT2D eigenvalue weighted by atomic mass is 35.5. The van der Waals surface area contributed by atoms with Crippen LogP contribution >= 0.6 is 11.6 Å². The number of benzene rings is 2. The Labute approximate surface area is 125 Å². The zero-order valence-electron chi connectivity index (χ0n) is 12.4. The molecule has 0 fully saturated rings. The molecule has 106 valence electrons. The molecule has 0 aliphatic carbocycles. The van der Waals surface area contributed by atoms with Crippen molar-refractivity contribution in [1.29, 1.82) is 0 Å². The summed E-state index contributed by atoms with van der Waals surface area (Å²) in [7, 11) is 0. The number of hydrogen-bond acceptors (Lipinski definition) is 0. The number of hydrogen-bond donors (Lipinski definition) is 0. The van der Waals surface area contributed by atoms with Crippen LogP contribution in [-0.4, -0.2) is 0 Å². The van der Waals surface area contributed by atoms with Gasteiger partial charge in [0.05, 0.1) is 0 Å². The Morgan fingerprint density at radius 3 is 2.35 bits per heavy atom. The van der Waals surface area contributed by atoms with Gasteiger partial charge >= 0.3 is 0 Å². The zero-order valence-corrected chi connectivity index (χ0v) is 13.2. The van der Waals surface area contributed by atoms with Gasteiger partial charge in [-0.3, -0.25) is 0 Å². The first kappa shape index (κ1) is 15.1. The molecule has 0 aliphatic heterocycles. The lowest BCUT2D eigenvalue weighted by Crippen LogP contribution is -1.98. The molecular weight excluding hydrogens is 271 g/mol. The van der Waals surface area contributed by atoms with Gasteiger partial charge in [-0.25, -0.2) is 4.39 Å². The lowest BCUT2D eigenvalue weighted by atomic mass is 9.91. The molecule has 0 unspecified atom stereocenters. The minimum atomic E-state index is -0.124. The molecule has 0 nitrogen and oxygen atoms in total. The molecular formula is C18H20ClF. The molecule has 0 saturated heterocycles. The second kappa shape index (κ2) is 5.97. The van der Waals surface area contributed by atoms with E-state index in [0.717, 1.165) is 27.8 Å². The highest BCUT2D eigenvalue weighted by molar-refractivity contribution is 6.17. The Morgan fingerprint density at radius 1 is 1.05 bits per heavy atom. The van der Waals surface area contributed by atoms with Gasteiger partial charge in [0.2, 0.25) is 0 Å². The van der Waals surface area contributed by atoms with E-state index in [-0.39, 0.29) is 11.7 Å². The summed E-state index contributed by atoms with van der Waals surface area (Å²) in [5.41, 5.74) is 6.16. The maximum atomic E-state index is 14.0. The summed E-state index contributed by atoms with van der Waals surface area (Å²) in [6, 6.07) is 9.85. The number of alkyl halides is 1. The highest BCUT2D eigenvalue weighted by Crippen LogP contribution is 2.32. The van der Waals surface area contributed by atoms with Crippen LogP contribution in [-0.2, 0) is 5.88 Å². The molecule has 0 radical (unpaired) electrons. The van der Waals surface area contributed by atoms with Gasteiger partial charge in [-0.1, -0.05) is 37.6 Å². The van der Waals surface area contributed by atoms with Gasteiger partial charge in [0.1, 0.15) is 5.82 Å². The Hall–Kier alpha value is -1.34.